The molecule has 0 radical (unpaired) electrons. The van der Waals surface area contributed by atoms with Crippen molar-refractivity contribution >= 4 is 14.4 Å². The van der Waals surface area contributed by atoms with Gasteiger partial charge in [-0.3, -0.25) is 0 Å². The second kappa shape index (κ2) is 5.82. The van der Waals surface area contributed by atoms with Crippen molar-refractivity contribution in [1.82, 2.24) is 0 Å². The van der Waals surface area contributed by atoms with E-state index in [0.29, 0.717) is 6.61 Å². The van der Waals surface area contributed by atoms with Gasteiger partial charge in [0.2, 0.25) is 0 Å². The fourth-order valence-corrected chi connectivity index (χ4v) is 2.45. The third-order valence-corrected chi connectivity index (χ3v) is 8.02. The lowest BCUT2D eigenvalue weighted by Crippen LogP contribution is -2.43. The SMILES string of the molecule is C=Cc1ccc(OCC)c(O[Si](C)(C)C(C)(C)C)c1. The third kappa shape index (κ3) is 3.87. The number of rotatable bonds is 5. The van der Waals surface area contributed by atoms with Crippen molar-refractivity contribution in [1.29, 1.82) is 0 Å². The Labute approximate surface area is 118 Å². The van der Waals surface area contributed by atoms with E-state index in [-0.39, 0.29) is 5.04 Å². The molecule has 0 aliphatic rings. The minimum Gasteiger partial charge on any atom is -0.541 e. The first-order valence-electron chi connectivity index (χ1n) is 6.79. The molecule has 19 heavy (non-hydrogen) atoms. The monoisotopic (exact) mass is 278 g/mol. The Balaban J connectivity index is 3.13. The first-order valence-corrected chi connectivity index (χ1v) is 9.70. The van der Waals surface area contributed by atoms with E-state index in [0.717, 1.165) is 17.1 Å². The van der Waals surface area contributed by atoms with Gasteiger partial charge in [0, 0.05) is 0 Å². The van der Waals surface area contributed by atoms with Crippen molar-refractivity contribution in [2.45, 2.75) is 45.8 Å². The standard InChI is InChI=1S/C16H26O2Si/c1-8-13-10-11-14(17-9-2)15(12-13)18-19(6,7)16(3,4)5/h8,10-12H,1,9H2,2-7H3. The zero-order chi connectivity index (χ0) is 14.7. The van der Waals surface area contributed by atoms with Crippen molar-refractivity contribution in [3.63, 3.8) is 0 Å². The summed E-state index contributed by atoms with van der Waals surface area (Å²) in [5.41, 5.74) is 1.05. The van der Waals surface area contributed by atoms with E-state index < -0.39 is 8.32 Å². The molecular formula is C16H26O2Si. The van der Waals surface area contributed by atoms with Gasteiger partial charge in [-0.05, 0) is 42.8 Å². The third-order valence-electron chi connectivity index (χ3n) is 3.67. The van der Waals surface area contributed by atoms with Crippen LogP contribution in [0.15, 0.2) is 24.8 Å². The number of hydrogen-bond donors (Lipinski definition) is 0. The molecule has 3 heteroatoms. The van der Waals surface area contributed by atoms with Gasteiger partial charge in [-0.1, -0.05) is 39.5 Å². The Morgan fingerprint density at radius 1 is 1.21 bits per heavy atom. The van der Waals surface area contributed by atoms with Gasteiger partial charge in [0.25, 0.3) is 8.32 Å². The van der Waals surface area contributed by atoms with Gasteiger partial charge in [0.15, 0.2) is 5.75 Å². The van der Waals surface area contributed by atoms with Gasteiger partial charge < -0.3 is 9.16 Å². The molecule has 0 unspecified atom stereocenters. The highest BCUT2D eigenvalue weighted by Gasteiger charge is 2.39. The Bertz CT molecular complexity index is 445. The molecule has 0 saturated heterocycles. The Kier molecular flexibility index (Phi) is 4.85. The highest BCUT2D eigenvalue weighted by atomic mass is 28.4. The van der Waals surface area contributed by atoms with Gasteiger partial charge in [0.05, 0.1) is 6.61 Å². The molecule has 0 aliphatic heterocycles. The molecular weight excluding hydrogens is 252 g/mol. The first kappa shape index (κ1) is 15.8. The van der Waals surface area contributed by atoms with E-state index in [2.05, 4.69) is 40.4 Å². The number of ether oxygens (including phenoxy) is 1. The summed E-state index contributed by atoms with van der Waals surface area (Å²) in [5.74, 6) is 1.66. The lowest BCUT2D eigenvalue weighted by molar-refractivity contribution is 0.325. The van der Waals surface area contributed by atoms with Crippen LogP contribution in [0.4, 0.5) is 0 Å². The van der Waals surface area contributed by atoms with Crippen LogP contribution in [-0.2, 0) is 0 Å². The molecule has 0 heterocycles. The Morgan fingerprint density at radius 3 is 2.32 bits per heavy atom. The normalized spacial score (nSPS) is 12.1. The maximum Gasteiger partial charge on any atom is 0.250 e. The summed E-state index contributed by atoms with van der Waals surface area (Å²) < 4.78 is 12.0. The maximum atomic E-state index is 6.36. The molecule has 0 amide bonds. The summed E-state index contributed by atoms with van der Waals surface area (Å²) in [6, 6.07) is 5.97. The van der Waals surface area contributed by atoms with Crippen LogP contribution < -0.4 is 9.16 Å². The fourth-order valence-electron chi connectivity index (χ4n) is 1.43. The predicted octanol–water partition coefficient (Wildman–Crippen LogP) is 5.11. The molecule has 0 aliphatic carbocycles. The van der Waals surface area contributed by atoms with E-state index in [1.165, 1.54) is 0 Å². The van der Waals surface area contributed by atoms with E-state index >= 15 is 0 Å². The maximum absolute atomic E-state index is 6.36. The Morgan fingerprint density at radius 2 is 1.84 bits per heavy atom. The molecule has 1 aromatic rings. The average molecular weight is 278 g/mol. The van der Waals surface area contributed by atoms with Crippen LogP contribution in [0.3, 0.4) is 0 Å². The predicted molar refractivity (Wildman–Crippen MR) is 85.5 cm³/mol. The molecule has 0 aromatic heterocycles. The van der Waals surface area contributed by atoms with Gasteiger partial charge in [-0.25, -0.2) is 0 Å². The summed E-state index contributed by atoms with van der Waals surface area (Å²) in [6.07, 6.45) is 1.83. The van der Waals surface area contributed by atoms with Crippen LogP contribution in [0.25, 0.3) is 6.08 Å². The van der Waals surface area contributed by atoms with Crippen LogP contribution in [0.5, 0.6) is 11.5 Å². The average Bonchev–Trinajstić information content (AvgIpc) is 2.29. The minimum absolute atomic E-state index is 0.167. The lowest BCUT2D eigenvalue weighted by Gasteiger charge is -2.36. The van der Waals surface area contributed by atoms with E-state index in [9.17, 15) is 0 Å². The highest BCUT2D eigenvalue weighted by molar-refractivity contribution is 6.74. The Hall–Kier alpha value is -1.22. The zero-order valence-electron chi connectivity index (χ0n) is 13.0. The smallest absolute Gasteiger partial charge is 0.250 e. The van der Waals surface area contributed by atoms with Gasteiger partial charge in [-0.15, -0.1) is 0 Å². The van der Waals surface area contributed by atoms with E-state index in [1.54, 1.807) is 0 Å². The zero-order valence-corrected chi connectivity index (χ0v) is 14.0. The largest absolute Gasteiger partial charge is 0.541 e. The van der Waals surface area contributed by atoms with E-state index in [1.807, 2.05) is 31.2 Å². The number of benzene rings is 1. The molecule has 1 rings (SSSR count). The van der Waals surface area contributed by atoms with Crippen molar-refractivity contribution in [3.8, 4) is 11.5 Å². The molecule has 0 saturated carbocycles. The van der Waals surface area contributed by atoms with E-state index in [4.69, 9.17) is 9.16 Å². The minimum atomic E-state index is -1.86. The summed E-state index contributed by atoms with van der Waals surface area (Å²) in [6.45, 7) is 17.6. The molecule has 0 fully saturated rings. The molecule has 106 valence electrons. The summed E-state index contributed by atoms with van der Waals surface area (Å²) in [7, 11) is -1.86. The van der Waals surface area contributed by atoms with Crippen LogP contribution >= 0.6 is 0 Å². The summed E-state index contributed by atoms with van der Waals surface area (Å²) >= 11 is 0. The molecule has 2 nitrogen and oxygen atoms in total. The van der Waals surface area contributed by atoms with Crippen molar-refractivity contribution in [3.05, 3.63) is 30.3 Å². The quantitative estimate of drug-likeness (QED) is 0.697. The van der Waals surface area contributed by atoms with Crippen molar-refractivity contribution < 1.29 is 9.16 Å². The van der Waals surface area contributed by atoms with Gasteiger partial charge >= 0.3 is 0 Å². The molecule has 0 bridgehead atoms. The molecule has 0 atom stereocenters. The van der Waals surface area contributed by atoms with Crippen LogP contribution in [0.2, 0.25) is 18.1 Å². The fraction of sp³-hybridized carbons (Fsp3) is 0.500. The lowest BCUT2D eigenvalue weighted by atomic mass is 10.2. The van der Waals surface area contributed by atoms with Crippen LogP contribution in [0, 0.1) is 0 Å². The molecule has 1 aromatic carbocycles. The highest BCUT2D eigenvalue weighted by Crippen LogP contribution is 2.40. The van der Waals surface area contributed by atoms with Crippen molar-refractivity contribution in [2.75, 3.05) is 6.61 Å². The summed E-state index contributed by atoms with van der Waals surface area (Å²) in [5, 5.41) is 0.167. The van der Waals surface area contributed by atoms with Crippen LogP contribution in [-0.4, -0.2) is 14.9 Å². The number of hydrogen-bond acceptors (Lipinski definition) is 2. The second-order valence-corrected chi connectivity index (χ2v) is 10.9. The topological polar surface area (TPSA) is 18.5 Å². The first-order chi connectivity index (χ1) is 8.71. The van der Waals surface area contributed by atoms with Crippen LogP contribution in [0.1, 0.15) is 33.3 Å². The molecule has 0 spiro atoms. The summed E-state index contributed by atoms with van der Waals surface area (Å²) in [4.78, 5) is 0. The molecule has 0 N–H and O–H groups in total. The second-order valence-electron chi connectivity index (χ2n) is 6.21. The van der Waals surface area contributed by atoms with Crippen molar-refractivity contribution in [2.24, 2.45) is 0 Å². The van der Waals surface area contributed by atoms with Gasteiger partial charge in [0.1, 0.15) is 5.75 Å². The van der Waals surface area contributed by atoms with Gasteiger partial charge in [-0.2, -0.15) is 0 Å².